The summed E-state index contributed by atoms with van der Waals surface area (Å²) in [5.41, 5.74) is 4.90. The summed E-state index contributed by atoms with van der Waals surface area (Å²) in [7, 11) is 0. The fourth-order valence-electron chi connectivity index (χ4n) is 2.03. The zero-order valence-electron chi connectivity index (χ0n) is 10.1. The summed E-state index contributed by atoms with van der Waals surface area (Å²) in [6.45, 7) is 6.47. The predicted octanol–water partition coefficient (Wildman–Crippen LogP) is 2.70. The van der Waals surface area contributed by atoms with E-state index in [0.717, 1.165) is 18.5 Å². The summed E-state index contributed by atoms with van der Waals surface area (Å²) in [6, 6.07) is 3.98. The molecule has 16 heavy (non-hydrogen) atoms. The van der Waals surface area contributed by atoms with E-state index in [4.69, 9.17) is 0 Å². The molecule has 0 spiro atoms. The van der Waals surface area contributed by atoms with Crippen LogP contribution < -0.4 is 0 Å². The van der Waals surface area contributed by atoms with E-state index in [9.17, 15) is 0 Å². The van der Waals surface area contributed by atoms with Gasteiger partial charge in [0.15, 0.2) is 0 Å². The smallest absolute Gasteiger partial charge is 0.0679 e. The summed E-state index contributed by atoms with van der Waals surface area (Å²) in [4.78, 5) is 4.03. The zero-order chi connectivity index (χ0) is 11.5. The minimum Gasteiger partial charge on any atom is -0.265 e. The normalized spacial score (nSPS) is 10.7. The van der Waals surface area contributed by atoms with E-state index in [1.807, 2.05) is 16.8 Å². The highest BCUT2D eigenvalue weighted by Gasteiger charge is 2.12. The van der Waals surface area contributed by atoms with Gasteiger partial charge in [0.25, 0.3) is 0 Å². The van der Waals surface area contributed by atoms with Gasteiger partial charge in [0, 0.05) is 18.1 Å². The Hall–Kier alpha value is -1.64. The van der Waals surface area contributed by atoms with Gasteiger partial charge in [-0.05, 0) is 37.5 Å². The highest BCUT2D eigenvalue weighted by atomic mass is 15.3. The van der Waals surface area contributed by atoms with E-state index in [1.54, 1.807) is 12.4 Å². The molecular weight excluding hydrogens is 198 g/mol. The minimum absolute atomic E-state index is 0.983. The van der Waals surface area contributed by atoms with Crippen LogP contribution in [0.3, 0.4) is 0 Å². The molecule has 84 valence electrons. The van der Waals surface area contributed by atoms with Crippen molar-refractivity contribution >= 4 is 0 Å². The van der Waals surface area contributed by atoms with Gasteiger partial charge in [-0.1, -0.05) is 13.8 Å². The Morgan fingerprint density at radius 2 is 1.81 bits per heavy atom. The largest absolute Gasteiger partial charge is 0.265 e. The third-order valence-corrected chi connectivity index (χ3v) is 2.92. The van der Waals surface area contributed by atoms with Crippen molar-refractivity contribution < 1.29 is 0 Å². The van der Waals surface area contributed by atoms with Crippen LogP contribution in [0.5, 0.6) is 0 Å². The monoisotopic (exact) mass is 215 g/mol. The number of aromatic nitrogens is 3. The molecule has 0 bridgehead atoms. The zero-order valence-corrected chi connectivity index (χ0v) is 10.1. The second-order valence-electron chi connectivity index (χ2n) is 3.84. The summed E-state index contributed by atoms with van der Waals surface area (Å²) >= 11 is 0. The first-order valence-corrected chi connectivity index (χ1v) is 5.75. The summed E-state index contributed by atoms with van der Waals surface area (Å²) in [6.07, 6.45) is 5.59. The maximum absolute atomic E-state index is 4.66. The Bertz CT molecular complexity index is 471. The molecule has 0 amide bonds. The molecule has 3 nitrogen and oxygen atoms in total. The van der Waals surface area contributed by atoms with Gasteiger partial charge in [-0.2, -0.15) is 5.10 Å². The van der Waals surface area contributed by atoms with Crippen LogP contribution >= 0.6 is 0 Å². The van der Waals surface area contributed by atoms with Gasteiger partial charge < -0.3 is 0 Å². The molecule has 0 saturated heterocycles. The predicted molar refractivity (Wildman–Crippen MR) is 64.9 cm³/mol. The lowest BCUT2D eigenvalue weighted by Gasteiger charge is -2.05. The molecule has 0 N–H and O–H groups in total. The molecule has 0 aliphatic carbocycles. The average Bonchev–Trinajstić information content (AvgIpc) is 2.66. The Kier molecular flexibility index (Phi) is 3.04. The van der Waals surface area contributed by atoms with E-state index in [1.165, 1.54) is 17.0 Å². The van der Waals surface area contributed by atoms with E-state index in [0.29, 0.717) is 0 Å². The van der Waals surface area contributed by atoms with Crippen LogP contribution in [-0.2, 0) is 12.8 Å². The van der Waals surface area contributed by atoms with Crippen molar-refractivity contribution in [3.63, 3.8) is 0 Å². The number of rotatable bonds is 3. The molecule has 3 heteroatoms. The van der Waals surface area contributed by atoms with Gasteiger partial charge in [0.1, 0.15) is 0 Å². The first kappa shape index (κ1) is 10.9. The summed E-state index contributed by atoms with van der Waals surface area (Å²) in [5.74, 6) is 0. The van der Waals surface area contributed by atoms with Crippen molar-refractivity contribution in [1.29, 1.82) is 0 Å². The standard InChI is InChI=1S/C13H17N3/c1-4-12-10(3)13(5-2)16(15-12)11-6-8-14-9-7-11/h6-9H,4-5H2,1-3H3. The number of hydrogen-bond donors (Lipinski definition) is 0. The fourth-order valence-corrected chi connectivity index (χ4v) is 2.03. The number of hydrogen-bond acceptors (Lipinski definition) is 2. The first-order valence-electron chi connectivity index (χ1n) is 5.75. The van der Waals surface area contributed by atoms with Crippen LogP contribution in [0.1, 0.15) is 30.8 Å². The lowest BCUT2D eigenvalue weighted by atomic mass is 10.1. The Morgan fingerprint density at radius 1 is 1.12 bits per heavy atom. The topological polar surface area (TPSA) is 30.7 Å². The van der Waals surface area contributed by atoms with E-state index in [-0.39, 0.29) is 0 Å². The van der Waals surface area contributed by atoms with E-state index < -0.39 is 0 Å². The van der Waals surface area contributed by atoms with Gasteiger partial charge in [-0.15, -0.1) is 0 Å². The summed E-state index contributed by atoms with van der Waals surface area (Å²) < 4.78 is 2.04. The molecule has 0 aromatic carbocycles. The lowest BCUT2D eigenvalue weighted by molar-refractivity contribution is 0.792. The number of pyridine rings is 1. The Balaban J connectivity index is 2.57. The third-order valence-electron chi connectivity index (χ3n) is 2.92. The lowest BCUT2D eigenvalue weighted by Crippen LogP contribution is -2.01. The van der Waals surface area contributed by atoms with Gasteiger partial charge >= 0.3 is 0 Å². The van der Waals surface area contributed by atoms with Crippen molar-refractivity contribution in [3.8, 4) is 5.69 Å². The number of aryl methyl sites for hydroxylation is 1. The van der Waals surface area contributed by atoms with Crippen molar-refractivity contribution in [3.05, 3.63) is 41.5 Å². The molecule has 0 radical (unpaired) electrons. The molecule has 0 aliphatic rings. The van der Waals surface area contributed by atoms with Crippen molar-refractivity contribution in [2.24, 2.45) is 0 Å². The van der Waals surface area contributed by atoms with Crippen LogP contribution in [0, 0.1) is 6.92 Å². The van der Waals surface area contributed by atoms with Crippen molar-refractivity contribution in [2.45, 2.75) is 33.6 Å². The maximum Gasteiger partial charge on any atom is 0.0679 e. The number of nitrogens with zero attached hydrogens (tertiary/aromatic N) is 3. The van der Waals surface area contributed by atoms with Gasteiger partial charge in [-0.25, -0.2) is 4.68 Å². The SMILES string of the molecule is CCc1nn(-c2ccncc2)c(CC)c1C. The van der Waals surface area contributed by atoms with E-state index in [2.05, 4.69) is 30.9 Å². The molecule has 0 fully saturated rings. The Labute approximate surface area is 96.1 Å². The minimum atomic E-state index is 0.983. The van der Waals surface area contributed by atoms with Crippen molar-refractivity contribution in [2.75, 3.05) is 0 Å². The van der Waals surface area contributed by atoms with Crippen LogP contribution in [0.4, 0.5) is 0 Å². The van der Waals surface area contributed by atoms with Crippen molar-refractivity contribution in [1.82, 2.24) is 14.8 Å². The molecule has 2 aromatic rings. The summed E-state index contributed by atoms with van der Waals surface area (Å²) in [5, 5.41) is 4.66. The first-order chi connectivity index (χ1) is 7.77. The van der Waals surface area contributed by atoms with Gasteiger partial charge in [0.2, 0.25) is 0 Å². The fraction of sp³-hybridized carbons (Fsp3) is 0.385. The second-order valence-corrected chi connectivity index (χ2v) is 3.84. The van der Waals surface area contributed by atoms with Gasteiger partial charge in [0.05, 0.1) is 11.4 Å². The molecule has 0 unspecified atom stereocenters. The highest BCUT2D eigenvalue weighted by molar-refractivity contribution is 5.36. The van der Waals surface area contributed by atoms with Crippen LogP contribution in [0.25, 0.3) is 5.69 Å². The van der Waals surface area contributed by atoms with Crippen LogP contribution in [0.15, 0.2) is 24.5 Å². The third kappa shape index (κ3) is 1.73. The van der Waals surface area contributed by atoms with Crippen LogP contribution in [-0.4, -0.2) is 14.8 Å². The van der Waals surface area contributed by atoms with Crippen LogP contribution in [0.2, 0.25) is 0 Å². The molecule has 0 atom stereocenters. The molecule has 0 saturated carbocycles. The highest BCUT2D eigenvalue weighted by Crippen LogP contribution is 2.18. The van der Waals surface area contributed by atoms with Gasteiger partial charge in [-0.3, -0.25) is 4.98 Å². The molecule has 2 heterocycles. The molecule has 0 aliphatic heterocycles. The average molecular weight is 215 g/mol. The van der Waals surface area contributed by atoms with E-state index >= 15 is 0 Å². The molecular formula is C13H17N3. The Morgan fingerprint density at radius 3 is 2.38 bits per heavy atom. The molecule has 2 aromatic heterocycles. The maximum atomic E-state index is 4.66. The molecule has 2 rings (SSSR count). The quantitative estimate of drug-likeness (QED) is 0.788. The second kappa shape index (κ2) is 4.47.